The molecule has 3 rings (SSSR count). The van der Waals surface area contributed by atoms with E-state index >= 15 is 0 Å². The highest BCUT2D eigenvalue weighted by Crippen LogP contribution is 2.27. The van der Waals surface area contributed by atoms with E-state index < -0.39 is 0 Å². The number of rotatable bonds is 4. The number of ketones is 1. The van der Waals surface area contributed by atoms with E-state index in [9.17, 15) is 4.79 Å². The highest BCUT2D eigenvalue weighted by atomic mass is 16.3. The Morgan fingerprint density at radius 1 is 1.18 bits per heavy atom. The van der Waals surface area contributed by atoms with Crippen LogP contribution in [0, 0.1) is 0 Å². The van der Waals surface area contributed by atoms with Gasteiger partial charge in [-0.2, -0.15) is 4.98 Å². The first-order chi connectivity index (χ1) is 10.7. The molecule has 1 saturated heterocycles. The van der Waals surface area contributed by atoms with Gasteiger partial charge in [-0.1, -0.05) is 0 Å². The Bertz CT molecular complexity index is 538. The lowest BCUT2D eigenvalue weighted by molar-refractivity contribution is 0.0972. The Kier molecular flexibility index (Phi) is 4.54. The van der Waals surface area contributed by atoms with E-state index in [0.29, 0.717) is 23.8 Å². The molecule has 1 aromatic heterocycles. The average Bonchev–Trinajstić information content (AvgIpc) is 2.55. The molecular weight excluding hydrogens is 282 g/mol. The van der Waals surface area contributed by atoms with Crippen molar-refractivity contribution in [3.63, 3.8) is 0 Å². The molecule has 120 valence electrons. The zero-order chi connectivity index (χ0) is 15.5. The Morgan fingerprint density at radius 3 is 2.64 bits per heavy atom. The van der Waals surface area contributed by atoms with Crippen LogP contribution in [0.3, 0.4) is 0 Å². The van der Waals surface area contributed by atoms with Crippen LogP contribution >= 0.6 is 0 Å². The van der Waals surface area contributed by atoms with E-state index in [-0.39, 0.29) is 12.4 Å². The van der Waals surface area contributed by atoms with Gasteiger partial charge in [-0.15, -0.1) is 0 Å². The third-order valence-corrected chi connectivity index (χ3v) is 4.38. The standard InChI is InChI=1S/C15H23N5O2/c1-16-14-13-11(3-2-4-12(13)22)17-15(18-14)20-7-5-19(6-8-20)9-10-21/h21H,2-10H2,1H3,(H,16,17,18). The van der Waals surface area contributed by atoms with Crippen molar-refractivity contribution in [2.75, 3.05) is 56.6 Å². The molecule has 1 aliphatic carbocycles. The summed E-state index contributed by atoms with van der Waals surface area (Å²) >= 11 is 0. The molecule has 0 aromatic carbocycles. The van der Waals surface area contributed by atoms with Crippen LogP contribution in [-0.4, -0.2) is 72.1 Å². The van der Waals surface area contributed by atoms with Gasteiger partial charge in [0.1, 0.15) is 5.82 Å². The quantitative estimate of drug-likeness (QED) is 0.819. The number of β-amino-alcohol motifs (C(OH)–C–C–N with tert-alkyl or cyclic N) is 1. The molecule has 1 aliphatic heterocycles. The number of carbonyl (C=O) groups excluding carboxylic acids is 1. The Morgan fingerprint density at radius 2 is 1.95 bits per heavy atom. The lowest BCUT2D eigenvalue weighted by Crippen LogP contribution is -2.48. The molecular formula is C15H23N5O2. The number of hydrogen-bond acceptors (Lipinski definition) is 7. The van der Waals surface area contributed by atoms with Crippen LogP contribution in [-0.2, 0) is 6.42 Å². The van der Waals surface area contributed by atoms with Gasteiger partial charge >= 0.3 is 0 Å². The molecule has 22 heavy (non-hydrogen) atoms. The van der Waals surface area contributed by atoms with Gasteiger partial charge in [0.2, 0.25) is 5.95 Å². The van der Waals surface area contributed by atoms with Crippen LogP contribution in [0.4, 0.5) is 11.8 Å². The number of nitrogens with zero attached hydrogens (tertiary/aromatic N) is 4. The van der Waals surface area contributed by atoms with Crippen LogP contribution in [0.2, 0.25) is 0 Å². The molecule has 0 radical (unpaired) electrons. The van der Waals surface area contributed by atoms with Crippen molar-refractivity contribution in [2.24, 2.45) is 0 Å². The van der Waals surface area contributed by atoms with Crippen LogP contribution in [0.1, 0.15) is 28.9 Å². The van der Waals surface area contributed by atoms with Crippen LogP contribution in [0.15, 0.2) is 0 Å². The number of nitrogens with one attached hydrogen (secondary N) is 1. The van der Waals surface area contributed by atoms with Crippen molar-refractivity contribution < 1.29 is 9.90 Å². The number of aromatic nitrogens is 2. The molecule has 0 saturated carbocycles. The third-order valence-electron chi connectivity index (χ3n) is 4.38. The van der Waals surface area contributed by atoms with Crippen molar-refractivity contribution in [2.45, 2.75) is 19.3 Å². The topological polar surface area (TPSA) is 81.6 Å². The van der Waals surface area contributed by atoms with Crippen LogP contribution in [0.25, 0.3) is 0 Å². The first-order valence-corrected chi connectivity index (χ1v) is 7.93. The molecule has 0 atom stereocenters. The summed E-state index contributed by atoms with van der Waals surface area (Å²) in [6.07, 6.45) is 2.30. The minimum atomic E-state index is 0.143. The first-order valence-electron chi connectivity index (χ1n) is 7.93. The molecule has 2 heterocycles. The highest BCUT2D eigenvalue weighted by Gasteiger charge is 2.26. The van der Waals surface area contributed by atoms with E-state index in [4.69, 9.17) is 5.11 Å². The van der Waals surface area contributed by atoms with Crippen LogP contribution in [0.5, 0.6) is 0 Å². The molecule has 0 unspecified atom stereocenters. The van der Waals surface area contributed by atoms with E-state index in [1.54, 1.807) is 7.05 Å². The Hall–Kier alpha value is -1.73. The van der Waals surface area contributed by atoms with Gasteiger partial charge in [0.25, 0.3) is 0 Å². The molecule has 2 aliphatic rings. The van der Waals surface area contributed by atoms with Crippen molar-refractivity contribution >= 4 is 17.5 Å². The molecule has 1 aromatic rings. The smallest absolute Gasteiger partial charge is 0.227 e. The van der Waals surface area contributed by atoms with E-state index in [1.807, 2.05) is 0 Å². The molecule has 1 fully saturated rings. The average molecular weight is 305 g/mol. The fraction of sp³-hybridized carbons (Fsp3) is 0.667. The van der Waals surface area contributed by atoms with E-state index in [2.05, 4.69) is 25.1 Å². The maximum atomic E-state index is 12.1. The zero-order valence-corrected chi connectivity index (χ0v) is 13.0. The lowest BCUT2D eigenvalue weighted by Gasteiger charge is -2.35. The van der Waals surface area contributed by atoms with Gasteiger partial charge in [0.15, 0.2) is 5.78 Å². The second-order valence-electron chi connectivity index (χ2n) is 5.77. The summed E-state index contributed by atoms with van der Waals surface area (Å²) in [7, 11) is 1.80. The maximum absolute atomic E-state index is 12.1. The Balaban J connectivity index is 1.82. The monoisotopic (exact) mass is 305 g/mol. The summed E-state index contributed by atoms with van der Waals surface area (Å²) in [6, 6.07) is 0. The summed E-state index contributed by atoms with van der Waals surface area (Å²) in [6.45, 7) is 4.39. The van der Waals surface area contributed by atoms with Crippen molar-refractivity contribution in [3.8, 4) is 0 Å². The van der Waals surface area contributed by atoms with Crippen molar-refractivity contribution in [1.82, 2.24) is 14.9 Å². The fourth-order valence-electron chi connectivity index (χ4n) is 3.14. The minimum absolute atomic E-state index is 0.143. The third kappa shape index (κ3) is 2.91. The van der Waals surface area contributed by atoms with Gasteiger partial charge < -0.3 is 15.3 Å². The number of hydrogen-bond donors (Lipinski definition) is 2. The fourth-order valence-corrected chi connectivity index (χ4v) is 3.14. The lowest BCUT2D eigenvalue weighted by atomic mass is 9.95. The van der Waals surface area contributed by atoms with Gasteiger partial charge in [0.05, 0.1) is 17.9 Å². The van der Waals surface area contributed by atoms with Crippen molar-refractivity contribution in [3.05, 3.63) is 11.3 Å². The molecule has 7 nitrogen and oxygen atoms in total. The zero-order valence-electron chi connectivity index (χ0n) is 13.0. The molecule has 7 heteroatoms. The van der Waals surface area contributed by atoms with Crippen molar-refractivity contribution in [1.29, 1.82) is 0 Å². The number of anilines is 2. The molecule has 2 N–H and O–H groups in total. The van der Waals surface area contributed by atoms with E-state index in [0.717, 1.165) is 51.3 Å². The largest absolute Gasteiger partial charge is 0.395 e. The maximum Gasteiger partial charge on any atom is 0.227 e. The molecule has 0 bridgehead atoms. The van der Waals surface area contributed by atoms with Gasteiger partial charge in [-0.3, -0.25) is 9.69 Å². The Labute approximate surface area is 130 Å². The summed E-state index contributed by atoms with van der Waals surface area (Å²) in [5, 5.41) is 12.1. The number of aliphatic hydroxyl groups is 1. The highest BCUT2D eigenvalue weighted by molar-refractivity contribution is 6.02. The van der Waals surface area contributed by atoms with Gasteiger partial charge in [-0.05, 0) is 12.8 Å². The number of Topliss-reactive ketones (excluding diaryl/α,β-unsaturated/α-hetero) is 1. The summed E-state index contributed by atoms with van der Waals surface area (Å²) in [5.41, 5.74) is 1.56. The molecule has 0 amide bonds. The molecule has 0 spiro atoms. The van der Waals surface area contributed by atoms with Gasteiger partial charge in [-0.25, -0.2) is 4.98 Å². The minimum Gasteiger partial charge on any atom is -0.395 e. The van der Waals surface area contributed by atoms with Gasteiger partial charge in [0, 0.05) is 46.2 Å². The number of piperazine rings is 1. The number of aryl methyl sites for hydroxylation is 1. The number of fused-ring (bicyclic) bond motifs is 1. The number of aliphatic hydroxyl groups excluding tert-OH is 1. The van der Waals surface area contributed by atoms with E-state index in [1.165, 1.54) is 0 Å². The summed E-state index contributed by atoms with van der Waals surface area (Å²) in [5.74, 6) is 1.51. The van der Waals surface area contributed by atoms with Crippen LogP contribution < -0.4 is 10.2 Å². The number of carbonyl (C=O) groups is 1. The predicted molar refractivity (Wildman–Crippen MR) is 84.6 cm³/mol. The summed E-state index contributed by atoms with van der Waals surface area (Å²) < 4.78 is 0. The second-order valence-corrected chi connectivity index (χ2v) is 5.77. The SMILES string of the molecule is CNc1nc(N2CCN(CCO)CC2)nc2c1C(=O)CCC2. The predicted octanol–water partition coefficient (Wildman–Crippen LogP) is 0.152. The normalized spacial score (nSPS) is 19.2. The summed E-state index contributed by atoms with van der Waals surface area (Å²) in [4.78, 5) is 25.7. The first kappa shape index (κ1) is 15.2. The second kappa shape index (κ2) is 6.58.